The lowest BCUT2D eigenvalue weighted by atomic mass is 9.91. The molecule has 0 amide bonds. The first-order valence-corrected chi connectivity index (χ1v) is 8.45. The topological polar surface area (TPSA) is 79.9 Å². The fourth-order valence-electron chi connectivity index (χ4n) is 2.25. The van der Waals surface area contributed by atoms with E-state index in [1.807, 2.05) is 55.5 Å². The number of aliphatic hydroxyl groups is 1. The molecule has 0 saturated heterocycles. The summed E-state index contributed by atoms with van der Waals surface area (Å²) in [7, 11) is 1.62. The molecule has 128 valence electrons. The summed E-state index contributed by atoms with van der Waals surface area (Å²) in [6, 6.07) is 14.9. The summed E-state index contributed by atoms with van der Waals surface area (Å²) < 4.78 is 6.08. The fourth-order valence-corrected chi connectivity index (χ4v) is 2.51. The molecule has 0 radical (unpaired) electrons. The third-order valence-electron chi connectivity index (χ3n) is 3.84. The predicted octanol–water partition coefficient (Wildman–Crippen LogP) is 3.48. The van der Waals surface area contributed by atoms with Crippen LogP contribution in [0.15, 0.2) is 58.0 Å². The van der Waals surface area contributed by atoms with E-state index in [4.69, 9.17) is 10.5 Å². The first-order valence-electron chi connectivity index (χ1n) is 7.66. The lowest BCUT2D eigenvalue weighted by Gasteiger charge is -2.25. The van der Waals surface area contributed by atoms with E-state index in [0.29, 0.717) is 6.42 Å². The molecule has 1 unspecified atom stereocenters. The van der Waals surface area contributed by atoms with Crippen molar-refractivity contribution in [1.29, 1.82) is 0 Å². The standard InChI is InChI=1S/C18H22BrN3O2/c1-3-18(23,13-4-6-14(19)7-5-13)12-21-17(20)22-15-8-10-16(24-2)11-9-15/h4-11,23H,3,12H2,1-2H3,(H3,20,21,22). The molecular formula is C18H22BrN3O2. The highest BCUT2D eigenvalue weighted by Crippen LogP contribution is 2.26. The van der Waals surface area contributed by atoms with Crippen molar-refractivity contribution in [3.8, 4) is 5.75 Å². The monoisotopic (exact) mass is 391 g/mol. The van der Waals surface area contributed by atoms with Crippen molar-refractivity contribution in [1.82, 2.24) is 0 Å². The minimum atomic E-state index is -1.05. The van der Waals surface area contributed by atoms with Gasteiger partial charge < -0.3 is 20.9 Å². The van der Waals surface area contributed by atoms with Gasteiger partial charge in [-0.25, -0.2) is 4.99 Å². The van der Waals surface area contributed by atoms with Crippen LogP contribution >= 0.6 is 15.9 Å². The number of hydrogen-bond donors (Lipinski definition) is 3. The van der Waals surface area contributed by atoms with Gasteiger partial charge in [-0.3, -0.25) is 0 Å². The second kappa shape index (κ2) is 8.17. The Morgan fingerprint density at radius 1 is 1.21 bits per heavy atom. The van der Waals surface area contributed by atoms with E-state index in [2.05, 4.69) is 26.2 Å². The van der Waals surface area contributed by atoms with Crippen LogP contribution in [-0.2, 0) is 5.60 Å². The van der Waals surface area contributed by atoms with Crippen molar-refractivity contribution in [3.05, 3.63) is 58.6 Å². The first-order chi connectivity index (χ1) is 11.5. The number of benzene rings is 2. The second-order valence-electron chi connectivity index (χ2n) is 5.45. The summed E-state index contributed by atoms with van der Waals surface area (Å²) in [6.45, 7) is 2.10. The zero-order chi connectivity index (χ0) is 17.6. The van der Waals surface area contributed by atoms with E-state index in [1.54, 1.807) is 7.11 Å². The molecule has 0 aliphatic rings. The van der Waals surface area contributed by atoms with Gasteiger partial charge in [-0.2, -0.15) is 0 Å². The van der Waals surface area contributed by atoms with Crippen LogP contribution in [0.3, 0.4) is 0 Å². The number of rotatable bonds is 6. The number of guanidine groups is 1. The Morgan fingerprint density at radius 3 is 2.38 bits per heavy atom. The van der Waals surface area contributed by atoms with Crippen LogP contribution in [0.1, 0.15) is 18.9 Å². The van der Waals surface area contributed by atoms with Crippen LogP contribution in [0.25, 0.3) is 0 Å². The number of methoxy groups -OCH3 is 1. The minimum Gasteiger partial charge on any atom is -0.497 e. The number of halogens is 1. The second-order valence-corrected chi connectivity index (χ2v) is 6.36. The van der Waals surface area contributed by atoms with E-state index in [9.17, 15) is 5.11 Å². The Kier molecular flexibility index (Phi) is 6.23. The van der Waals surface area contributed by atoms with Gasteiger partial charge in [0.25, 0.3) is 0 Å². The highest BCUT2D eigenvalue weighted by Gasteiger charge is 2.26. The van der Waals surface area contributed by atoms with E-state index >= 15 is 0 Å². The highest BCUT2D eigenvalue weighted by atomic mass is 79.9. The van der Waals surface area contributed by atoms with Gasteiger partial charge in [0.1, 0.15) is 11.4 Å². The summed E-state index contributed by atoms with van der Waals surface area (Å²) in [5.74, 6) is 1.02. The lowest BCUT2D eigenvalue weighted by Crippen LogP contribution is -2.31. The Morgan fingerprint density at radius 2 is 1.83 bits per heavy atom. The van der Waals surface area contributed by atoms with Crippen LogP contribution in [0, 0.1) is 0 Å². The molecule has 24 heavy (non-hydrogen) atoms. The zero-order valence-electron chi connectivity index (χ0n) is 13.8. The molecule has 2 aromatic rings. The molecule has 2 aromatic carbocycles. The van der Waals surface area contributed by atoms with Crippen molar-refractivity contribution in [2.24, 2.45) is 10.7 Å². The van der Waals surface area contributed by atoms with Gasteiger partial charge in [0, 0.05) is 10.2 Å². The van der Waals surface area contributed by atoms with E-state index in [1.165, 1.54) is 0 Å². The Hall–Kier alpha value is -2.05. The van der Waals surface area contributed by atoms with E-state index in [-0.39, 0.29) is 12.5 Å². The van der Waals surface area contributed by atoms with Crippen molar-refractivity contribution in [2.75, 3.05) is 19.0 Å². The molecule has 0 bridgehead atoms. The van der Waals surface area contributed by atoms with E-state index < -0.39 is 5.60 Å². The van der Waals surface area contributed by atoms with Crippen molar-refractivity contribution in [2.45, 2.75) is 18.9 Å². The molecule has 4 N–H and O–H groups in total. The quantitative estimate of drug-likeness (QED) is 0.520. The summed E-state index contributed by atoms with van der Waals surface area (Å²) in [6.07, 6.45) is 0.536. The molecule has 0 aliphatic heterocycles. The molecule has 0 aliphatic carbocycles. The maximum Gasteiger partial charge on any atom is 0.193 e. The summed E-state index contributed by atoms with van der Waals surface area (Å²) in [4.78, 5) is 4.29. The molecule has 1 atom stereocenters. The van der Waals surface area contributed by atoms with E-state index in [0.717, 1.165) is 21.5 Å². The number of hydrogen-bond acceptors (Lipinski definition) is 3. The van der Waals surface area contributed by atoms with Gasteiger partial charge in [-0.15, -0.1) is 0 Å². The van der Waals surface area contributed by atoms with Crippen molar-refractivity contribution in [3.63, 3.8) is 0 Å². The Bertz CT molecular complexity index is 686. The van der Waals surface area contributed by atoms with Crippen molar-refractivity contribution < 1.29 is 9.84 Å². The number of nitrogens with two attached hydrogens (primary N) is 1. The predicted molar refractivity (Wildman–Crippen MR) is 101 cm³/mol. The Balaban J connectivity index is 2.06. The first kappa shape index (κ1) is 18.3. The van der Waals surface area contributed by atoms with Crippen LogP contribution in [0.5, 0.6) is 5.75 Å². The maximum absolute atomic E-state index is 10.8. The van der Waals surface area contributed by atoms with Gasteiger partial charge in [-0.1, -0.05) is 35.0 Å². The molecule has 2 rings (SSSR count). The van der Waals surface area contributed by atoms with Gasteiger partial charge in [0.15, 0.2) is 5.96 Å². The molecule has 0 saturated carbocycles. The number of anilines is 1. The molecule has 0 heterocycles. The molecule has 0 fully saturated rings. The fraction of sp³-hybridized carbons (Fsp3) is 0.278. The third-order valence-corrected chi connectivity index (χ3v) is 4.37. The highest BCUT2D eigenvalue weighted by molar-refractivity contribution is 9.10. The van der Waals surface area contributed by atoms with Crippen LogP contribution < -0.4 is 15.8 Å². The van der Waals surface area contributed by atoms with Gasteiger partial charge >= 0.3 is 0 Å². The molecule has 5 nitrogen and oxygen atoms in total. The molecular weight excluding hydrogens is 370 g/mol. The number of nitrogens with one attached hydrogen (secondary N) is 1. The molecule has 0 spiro atoms. The minimum absolute atomic E-state index is 0.181. The number of ether oxygens (including phenoxy) is 1. The number of aliphatic imine (C=N–C) groups is 1. The lowest BCUT2D eigenvalue weighted by molar-refractivity contribution is 0.0424. The summed E-state index contributed by atoms with van der Waals surface area (Å²) >= 11 is 3.40. The molecule has 6 heteroatoms. The molecule has 0 aromatic heterocycles. The van der Waals surface area contributed by atoms with Crippen molar-refractivity contribution >= 4 is 27.6 Å². The average Bonchev–Trinajstić information content (AvgIpc) is 2.61. The maximum atomic E-state index is 10.8. The number of nitrogens with zero attached hydrogens (tertiary/aromatic N) is 1. The van der Waals surface area contributed by atoms with Crippen LogP contribution in [0.4, 0.5) is 5.69 Å². The summed E-state index contributed by atoms with van der Waals surface area (Å²) in [5.41, 5.74) is 6.50. The smallest absolute Gasteiger partial charge is 0.193 e. The van der Waals surface area contributed by atoms with Gasteiger partial charge in [0.2, 0.25) is 0 Å². The Labute approximate surface area is 150 Å². The van der Waals surface area contributed by atoms with Gasteiger partial charge in [0.05, 0.1) is 13.7 Å². The van der Waals surface area contributed by atoms with Crippen LogP contribution in [0.2, 0.25) is 0 Å². The van der Waals surface area contributed by atoms with Crippen LogP contribution in [-0.4, -0.2) is 24.7 Å². The zero-order valence-corrected chi connectivity index (χ0v) is 15.4. The SMILES string of the molecule is CCC(O)(CN=C(N)Nc1ccc(OC)cc1)c1ccc(Br)cc1. The normalized spacial score (nSPS) is 14.1. The average molecular weight is 392 g/mol. The third kappa shape index (κ3) is 4.72. The van der Waals surface area contributed by atoms with Gasteiger partial charge in [-0.05, 0) is 48.4 Å². The summed E-state index contributed by atoms with van der Waals surface area (Å²) in [5, 5.41) is 13.8. The largest absolute Gasteiger partial charge is 0.497 e.